The zero-order chi connectivity index (χ0) is 24.5. The van der Waals surface area contributed by atoms with Gasteiger partial charge in [0.15, 0.2) is 0 Å². The predicted molar refractivity (Wildman–Crippen MR) is 137 cm³/mol. The van der Waals surface area contributed by atoms with Crippen molar-refractivity contribution in [3.05, 3.63) is 53.1 Å². The van der Waals surface area contributed by atoms with Gasteiger partial charge in [-0.1, -0.05) is 33.8 Å². The summed E-state index contributed by atoms with van der Waals surface area (Å²) in [7, 11) is 5.63. The van der Waals surface area contributed by atoms with Gasteiger partial charge in [0.25, 0.3) is 0 Å². The normalized spacial score (nSPS) is 16.5. The van der Waals surface area contributed by atoms with E-state index in [4.69, 9.17) is 9.47 Å². The second kappa shape index (κ2) is 13.0. The molecule has 0 bridgehead atoms. The number of hydrogen-bond acceptors (Lipinski definition) is 6. The predicted octanol–water partition coefficient (Wildman–Crippen LogP) is 5.58. The molecule has 0 amide bonds. The van der Waals surface area contributed by atoms with E-state index in [2.05, 4.69) is 73.6 Å². The van der Waals surface area contributed by atoms with Gasteiger partial charge in [-0.2, -0.15) is 0 Å². The third-order valence-electron chi connectivity index (χ3n) is 6.40. The Labute approximate surface area is 201 Å². The Hall–Kier alpha value is -2.02. The van der Waals surface area contributed by atoms with Crippen LogP contribution in [0.1, 0.15) is 88.1 Å². The minimum absolute atomic E-state index is 0.0499. The lowest BCUT2D eigenvalue weighted by Gasteiger charge is -2.34. The van der Waals surface area contributed by atoms with Crippen LogP contribution in [0, 0.1) is 0 Å². The SMILES string of the molecule is COC(C)c1ncc(N2CCN(C)CC2)cc1C(C)C.COC(C)c1ncccc1C(C)C. The lowest BCUT2D eigenvalue weighted by molar-refractivity contribution is 0.115. The highest BCUT2D eigenvalue weighted by Crippen LogP contribution is 2.29. The molecule has 2 unspecified atom stereocenters. The van der Waals surface area contributed by atoms with Crippen molar-refractivity contribution in [3.63, 3.8) is 0 Å². The highest BCUT2D eigenvalue weighted by atomic mass is 16.5. The van der Waals surface area contributed by atoms with E-state index < -0.39 is 0 Å². The van der Waals surface area contributed by atoms with Gasteiger partial charge in [0.2, 0.25) is 0 Å². The molecule has 0 aromatic carbocycles. The average molecular weight is 457 g/mol. The molecule has 1 aliphatic heterocycles. The largest absolute Gasteiger partial charge is 0.375 e. The quantitative estimate of drug-likeness (QED) is 0.542. The van der Waals surface area contributed by atoms with Crippen LogP contribution in [0.15, 0.2) is 30.6 Å². The zero-order valence-electron chi connectivity index (χ0n) is 22.1. The number of nitrogens with zero attached hydrogens (tertiary/aromatic N) is 4. The minimum atomic E-state index is 0.0499. The lowest BCUT2D eigenvalue weighted by atomic mass is 9.98. The van der Waals surface area contributed by atoms with Crippen molar-refractivity contribution in [2.75, 3.05) is 52.3 Å². The van der Waals surface area contributed by atoms with Gasteiger partial charge in [-0.25, -0.2) is 0 Å². The molecule has 3 heterocycles. The molecule has 6 heteroatoms. The van der Waals surface area contributed by atoms with Crippen LogP contribution in [0.2, 0.25) is 0 Å². The molecule has 2 atom stereocenters. The molecular formula is C27H44N4O2. The van der Waals surface area contributed by atoms with Crippen molar-refractivity contribution in [3.8, 4) is 0 Å². The van der Waals surface area contributed by atoms with Crippen molar-refractivity contribution in [2.45, 2.75) is 65.6 Å². The summed E-state index contributed by atoms with van der Waals surface area (Å²) in [5.41, 5.74) is 5.95. The van der Waals surface area contributed by atoms with Crippen molar-refractivity contribution >= 4 is 5.69 Å². The lowest BCUT2D eigenvalue weighted by Crippen LogP contribution is -2.44. The summed E-state index contributed by atoms with van der Waals surface area (Å²) in [5.74, 6) is 0.962. The summed E-state index contributed by atoms with van der Waals surface area (Å²) in [6, 6.07) is 6.39. The number of anilines is 1. The summed E-state index contributed by atoms with van der Waals surface area (Å²) in [6.07, 6.45) is 3.95. The molecule has 6 nitrogen and oxygen atoms in total. The van der Waals surface area contributed by atoms with Gasteiger partial charge in [0, 0.05) is 46.6 Å². The molecule has 0 radical (unpaired) electrons. The molecule has 2 aromatic rings. The molecule has 1 fully saturated rings. The van der Waals surface area contributed by atoms with Crippen LogP contribution in [0.4, 0.5) is 5.69 Å². The van der Waals surface area contributed by atoms with E-state index in [1.165, 1.54) is 16.8 Å². The molecule has 3 rings (SSSR count). The van der Waals surface area contributed by atoms with E-state index in [0.717, 1.165) is 37.6 Å². The van der Waals surface area contributed by atoms with E-state index in [-0.39, 0.29) is 12.2 Å². The number of hydrogen-bond donors (Lipinski definition) is 0. The summed E-state index contributed by atoms with van der Waals surface area (Å²) in [5, 5.41) is 0. The molecule has 0 saturated carbocycles. The molecule has 2 aromatic heterocycles. The summed E-state index contributed by atoms with van der Waals surface area (Å²) >= 11 is 0. The van der Waals surface area contributed by atoms with E-state index in [0.29, 0.717) is 11.8 Å². The van der Waals surface area contributed by atoms with E-state index in [1.54, 1.807) is 14.2 Å². The Balaban J connectivity index is 0.000000257. The highest BCUT2D eigenvalue weighted by molar-refractivity contribution is 5.49. The van der Waals surface area contributed by atoms with Crippen LogP contribution in [0.25, 0.3) is 0 Å². The van der Waals surface area contributed by atoms with Crippen LogP contribution in [0.5, 0.6) is 0 Å². The summed E-state index contributed by atoms with van der Waals surface area (Å²) in [6.45, 7) is 17.3. The van der Waals surface area contributed by atoms with Crippen LogP contribution >= 0.6 is 0 Å². The van der Waals surface area contributed by atoms with E-state index in [1.807, 2.05) is 25.4 Å². The van der Waals surface area contributed by atoms with Crippen LogP contribution in [-0.2, 0) is 9.47 Å². The Bertz CT molecular complexity index is 848. The molecule has 0 aliphatic carbocycles. The smallest absolute Gasteiger partial charge is 0.0965 e. The number of methoxy groups -OCH3 is 2. The Morgan fingerprint density at radius 2 is 1.33 bits per heavy atom. The number of pyridine rings is 2. The van der Waals surface area contributed by atoms with Gasteiger partial charge >= 0.3 is 0 Å². The monoisotopic (exact) mass is 456 g/mol. The van der Waals surface area contributed by atoms with Gasteiger partial charge in [-0.05, 0) is 56.0 Å². The van der Waals surface area contributed by atoms with Crippen molar-refractivity contribution in [1.29, 1.82) is 0 Å². The highest BCUT2D eigenvalue weighted by Gasteiger charge is 2.19. The van der Waals surface area contributed by atoms with Gasteiger partial charge in [-0.15, -0.1) is 0 Å². The zero-order valence-corrected chi connectivity index (χ0v) is 22.1. The number of piperazine rings is 1. The van der Waals surface area contributed by atoms with Gasteiger partial charge in [-0.3, -0.25) is 9.97 Å². The maximum absolute atomic E-state index is 5.44. The molecule has 1 aliphatic rings. The topological polar surface area (TPSA) is 50.7 Å². The second-order valence-corrected chi connectivity index (χ2v) is 9.50. The number of likely N-dealkylation sites (N-methyl/N-ethyl adjacent to an activating group) is 1. The van der Waals surface area contributed by atoms with Crippen LogP contribution in [-0.4, -0.2) is 62.3 Å². The maximum Gasteiger partial charge on any atom is 0.0965 e. The standard InChI is InChI=1S/C16H27N3O.C11H17NO/c1-12(2)15-10-14(11-17-16(15)13(3)20-5)19-8-6-18(4)7-9-19;1-8(2)10-6-5-7-12-11(10)9(3)13-4/h10-13H,6-9H2,1-5H3;5-9H,1-4H3. The fraction of sp³-hybridized carbons (Fsp3) is 0.630. The van der Waals surface area contributed by atoms with Crippen molar-refractivity contribution in [1.82, 2.24) is 14.9 Å². The first-order valence-corrected chi connectivity index (χ1v) is 12.1. The first kappa shape index (κ1) is 27.2. The van der Waals surface area contributed by atoms with E-state index >= 15 is 0 Å². The molecule has 33 heavy (non-hydrogen) atoms. The van der Waals surface area contributed by atoms with Crippen LogP contribution in [0.3, 0.4) is 0 Å². The van der Waals surface area contributed by atoms with Gasteiger partial charge in [0.1, 0.15) is 0 Å². The molecule has 0 N–H and O–H groups in total. The first-order chi connectivity index (χ1) is 15.7. The molecule has 184 valence electrons. The Kier molecular flexibility index (Phi) is 10.7. The summed E-state index contributed by atoms with van der Waals surface area (Å²) in [4.78, 5) is 13.8. The second-order valence-electron chi connectivity index (χ2n) is 9.50. The van der Waals surface area contributed by atoms with Gasteiger partial charge < -0.3 is 19.3 Å². The van der Waals surface area contributed by atoms with Gasteiger partial charge in [0.05, 0.1) is 35.5 Å². The Morgan fingerprint density at radius 3 is 1.85 bits per heavy atom. The average Bonchev–Trinajstić information content (AvgIpc) is 2.83. The first-order valence-electron chi connectivity index (χ1n) is 12.1. The maximum atomic E-state index is 5.44. The van der Waals surface area contributed by atoms with Crippen LogP contribution < -0.4 is 4.90 Å². The fourth-order valence-electron chi connectivity index (χ4n) is 4.00. The van der Waals surface area contributed by atoms with E-state index in [9.17, 15) is 0 Å². The summed E-state index contributed by atoms with van der Waals surface area (Å²) < 4.78 is 10.7. The van der Waals surface area contributed by atoms with Crippen molar-refractivity contribution < 1.29 is 9.47 Å². The minimum Gasteiger partial charge on any atom is -0.375 e. The fourth-order valence-corrected chi connectivity index (χ4v) is 4.00. The molecular weight excluding hydrogens is 412 g/mol. The number of ether oxygens (including phenoxy) is 2. The van der Waals surface area contributed by atoms with Crippen molar-refractivity contribution in [2.24, 2.45) is 0 Å². The third kappa shape index (κ3) is 7.49. The number of rotatable bonds is 7. The molecule has 1 saturated heterocycles. The number of aromatic nitrogens is 2. The molecule has 0 spiro atoms. The Morgan fingerprint density at radius 1 is 0.788 bits per heavy atom. The third-order valence-corrected chi connectivity index (χ3v) is 6.40.